The van der Waals surface area contributed by atoms with Crippen molar-refractivity contribution in [3.63, 3.8) is 0 Å². The summed E-state index contributed by atoms with van der Waals surface area (Å²) in [6, 6.07) is 0. The van der Waals surface area contributed by atoms with Crippen LogP contribution in [-0.4, -0.2) is 11.5 Å². The minimum atomic E-state index is -0.302. The molecule has 1 rings (SSSR count). The summed E-state index contributed by atoms with van der Waals surface area (Å²) in [5.41, 5.74) is -0.427. The van der Waals surface area contributed by atoms with Crippen LogP contribution < -0.4 is 0 Å². The summed E-state index contributed by atoms with van der Waals surface area (Å²) in [6.07, 6.45) is 3.20. The highest BCUT2D eigenvalue weighted by Crippen LogP contribution is 2.55. The predicted molar refractivity (Wildman–Crippen MR) is 56.2 cm³/mol. The molecule has 0 N–H and O–H groups in total. The second-order valence-corrected chi connectivity index (χ2v) is 5.47. The van der Waals surface area contributed by atoms with Gasteiger partial charge in [-0.05, 0) is 35.8 Å². The van der Waals surface area contributed by atoms with Crippen LogP contribution in [0.25, 0.3) is 0 Å². The first-order valence-corrected chi connectivity index (χ1v) is 5.36. The Hall–Kier alpha value is -0.370. The summed E-state index contributed by atoms with van der Waals surface area (Å²) in [6.45, 7) is 6.08. The van der Waals surface area contributed by atoms with E-state index >= 15 is 0 Å². The topological polar surface area (TPSA) is 34.1 Å². The highest BCUT2D eigenvalue weighted by atomic mass is 35.5. The van der Waals surface area contributed by atoms with Crippen LogP contribution in [-0.2, 0) is 9.59 Å². The second kappa shape index (κ2) is 3.65. The standard InChI is InChI=1S/C11H17ClO2/c1-10(2)8(6-9(12)14)4-5-11(10,3)7-13/h7-8H,4-6H2,1-3H3/t8-,11+/m1/s1. The van der Waals surface area contributed by atoms with Crippen molar-refractivity contribution >= 4 is 23.1 Å². The number of hydrogen-bond acceptors (Lipinski definition) is 2. The van der Waals surface area contributed by atoms with Gasteiger partial charge in [0.2, 0.25) is 5.24 Å². The zero-order chi connectivity index (χ0) is 11.0. The Balaban J connectivity index is 2.86. The van der Waals surface area contributed by atoms with E-state index in [0.717, 1.165) is 19.1 Å². The minimum absolute atomic E-state index is 0.126. The molecule has 0 saturated heterocycles. The van der Waals surface area contributed by atoms with Crippen molar-refractivity contribution in [2.75, 3.05) is 0 Å². The van der Waals surface area contributed by atoms with Gasteiger partial charge in [-0.2, -0.15) is 0 Å². The smallest absolute Gasteiger partial charge is 0.221 e. The van der Waals surface area contributed by atoms with Gasteiger partial charge in [0, 0.05) is 11.8 Å². The molecule has 1 fully saturated rings. The lowest BCUT2D eigenvalue weighted by Crippen LogP contribution is -2.35. The third-order valence-corrected chi connectivity index (χ3v) is 4.33. The van der Waals surface area contributed by atoms with Gasteiger partial charge in [0.05, 0.1) is 0 Å². The summed E-state index contributed by atoms with van der Waals surface area (Å²) in [7, 11) is 0. The van der Waals surface area contributed by atoms with Crippen LogP contribution in [0, 0.1) is 16.7 Å². The van der Waals surface area contributed by atoms with E-state index in [2.05, 4.69) is 13.8 Å². The molecule has 0 amide bonds. The van der Waals surface area contributed by atoms with Crippen LogP contribution in [0.3, 0.4) is 0 Å². The lowest BCUT2D eigenvalue weighted by Gasteiger charge is -2.37. The van der Waals surface area contributed by atoms with Gasteiger partial charge in [-0.1, -0.05) is 20.8 Å². The molecule has 0 aromatic rings. The molecule has 3 heteroatoms. The van der Waals surface area contributed by atoms with Crippen LogP contribution in [0.1, 0.15) is 40.0 Å². The SMILES string of the molecule is CC1(C)[C@@H](CC(=O)Cl)CC[C@@]1(C)C=O. The quantitative estimate of drug-likeness (QED) is 0.537. The average Bonchev–Trinajstić information content (AvgIpc) is 2.29. The van der Waals surface area contributed by atoms with E-state index in [-0.39, 0.29) is 22.0 Å². The second-order valence-electron chi connectivity index (χ2n) is 5.05. The molecule has 14 heavy (non-hydrogen) atoms. The number of hydrogen-bond donors (Lipinski definition) is 0. The molecule has 0 radical (unpaired) electrons. The molecule has 1 aliphatic carbocycles. The zero-order valence-electron chi connectivity index (χ0n) is 8.97. The maximum absolute atomic E-state index is 11.1. The Morgan fingerprint density at radius 1 is 1.50 bits per heavy atom. The summed E-state index contributed by atoms with van der Waals surface area (Å²) >= 11 is 5.39. The molecule has 0 bridgehead atoms. The van der Waals surface area contributed by atoms with Crippen molar-refractivity contribution in [2.45, 2.75) is 40.0 Å². The molecule has 2 nitrogen and oxygen atoms in total. The maximum Gasteiger partial charge on any atom is 0.221 e. The number of aldehydes is 1. The van der Waals surface area contributed by atoms with Gasteiger partial charge in [-0.3, -0.25) is 4.79 Å². The van der Waals surface area contributed by atoms with E-state index in [1.54, 1.807) is 0 Å². The van der Waals surface area contributed by atoms with Crippen LogP contribution in [0.2, 0.25) is 0 Å². The molecule has 0 spiro atoms. The van der Waals surface area contributed by atoms with E-state index in [1.165, 1.54) is 0 Å². The summed E-state index contributed by atoms with van der Waals surface area (Å²) in [4.78, 5) is 21.9. The molecular formula is C11H17ClO2. The van der Waals surface area contributed by atoms with Crippen LogP contribution in [0.4, 0.5) is 0 Å². The molecule has 80 valence electrons. The van der Waals surface area contributed by atoms with E-state index < -0.39 is 0 Å². The number of carbonyl (C=O) groups excluding carboxylic acids is 2. The maximum atomic E-state index is 11.1. The van der Waals surface area contributed by atoms with Gasteiger partial charge >= 0.3 is 0 Å². The highest BCUT2D eigenvalue weighted by molar-refractivity contribution is 6.63. The number of rotatable bonds is 3. The van der Waals surface area contributed by atoms with Gasteiger partial charge < -0.3 is 4.79 Å². The van der Waals surface area contributed by atoms with Crippen molar-refractivity contribution in [1.82, 2.24) is 0 Å². The lowest BCUT2D eigenvalue weighted by atomic mass is 9.66. The first-order chi connectivity index (χ1) is 6.33. The Morgan fingerprint density at radius 3 is 2.43 bits per heavy atom. The third-order valence-electron chi connectivity index (χ3n) is 4.17. The number of carbonyl (C=O) groups is 2. The van der Waals surface area contributed by atoms with Crippen LogP contribution in [0.15, 0.2) is 0 Å². The molecule has 0 unspecified atom stereocenters. The zero-order valence-corrected chi connectivity index (χ0v) is 9.73. The van der Waals surface area contributed by atoms with Gasteiger partial charge in [-0.15, -0.1) is 0 Å². The molecular weight excluding hydrogens is 200 g/mol. The summed E-state index contributed by atoms with van der Waals surface area (Å²) < 4.78 is 0. The first-order valence-electron chi connectivity index (χ1n) is 4.98. The van der Waals surface area contributed by atoms with Crippen molar-refractivity contribution in [3.05, 3.63) is 0 Å². The molecule has 1 saturated carbocycles. The van der Waals surface area contributed by atoms with Gasteiger partial charge in [-0.25, -0.2) is 0 Å². The van der Waals surface area contributed by atoms with Crippen molar-refractivity contribution < 1.29 is 9.59 Å². The average molecular weight is 217 g/mol. The molecule has 0 aromatic carbocycles. The van der Waals surface area contributed by atoms with Crippen LogP contribution in [0.5, 0.6) is 0 Å². The Labute approximate surface area is 90.0 Å². The Bertz CT molecular complexity index is 260. The van der Waals surface area contributed by atoms with E-state index in [4.69, 9.17) is 11.6 Å². The Morgan fingerprint density at radius 2 is 2.07 bits per heavy atom. The van der Waals surface area contributed by atoms with Crippen LogP contribution >= 0.6 is 11.6 Å². The fraction of sp³-hybridized carbons (Fsp3) is 0.818. The normalized spacial score (nSPS) is 35.6. The predicted octanol–water partition coefficient (Wildman–Crippen LogP) is 2.78. The third kappa shape index (κ3) is 1.72. The minimum Gasteiger partial charge on any atom is -0.303 e. The molecule has 0 aromatic heterocycles. The number of halogens is 1. The van der Waals surface area contributed by atoms with Gasteiger partial charge in [0.25, 0.3) is 0 Å². The largest absolute Gasteiger partial charge is 0.303 e. The molecule has 1 aliphatic rings. The monoisotopic (exact) mass is 216 g/mol. The first kappa shape index (κ1) is 11.7. The Kier molecular flexibility index (Phi) is 3.05. The fourth-order valence-corrected chi connectivity index (χ4v) is 2.57. The summed E-state index contributed by atoms with van der Waals surface area (Å²) in [5, 5.41) is -0.293. The van der Waals surface area contributed by atoms with Gasteiger partial charge in [0.15, 0.2) is 0 Å². The highest BCUT2D eigenvalue weighted by Gasteiger charge is 2.51. The van der Waals surface area contributed by atoms with E-state index in [9.17, 15) is 9.59 Å². The summed E-state index contributed by atoms with van der Waals surface area (Å²) in [5.74, 6) is 0.239. The fourth-order valence-electron chi connectivity index (χ4n) is 2.39. The lowest BCUT2D eigenvalue weighted by molar-refractivity contribution is -0.122. The van der Waals surface area contributed by atoms with Crippen molar-refractivity contribution in [3.8, 4) is 0 Å². The molecule has 2 atom stereocenters. The van der Waals surface area contributed by atoms with E-state index in [1.807, 2.05) is 6.92 Å². The van der Waals surface area contributed by atoms with Crippen molar-refractivity contribution in [1.29, 1.82) is 0 Å². The van der Waals surface area contributed by atoms with E-state index in [0.29, 0.717) is 6.42 Å². The molecule has 0 heterocycles. The van der Waals surface area contributed by atoms with Gasteiger partial charge in [0.1, 0.15) is 6.29 Å². The van der Waals surface area contributed by atoms with Crippen molar-refractivity contribution in [2.24, 2.45) is 16.7 Å². The molecule has 0 aliphatic heterocycles.